The second kappa shape index (κ2) is 11.9. The van der Waals surface area contributed by atoms with Crippen molar-refractivity contribution in [2.45, 2.75) is 51.9 Å². The molecule has 0 spiro atoms. The van der Waals surface area contributed by atoms with Gasteiger partial charge in [-0.15, -0.1) is 0 Å². The monoisotopic (exact) mass is 585 g/mol. The first-order valence-corrected chi connectivity index (χ1v) is 14.6. The number of fused-ring (bicyclic) bond motifs is 1. The van der Waals surface area contributed by atoms with Gasteiger partial charge in [0.15, 0.2) is 0 Å². The van der Waals surface area contributed by atoms with Gasteiger partial charge >= 0.3 is 12.1 Å². The van der Waals surface area contributed by atoms with Crippen LogP contribution < -0.4 is 11.2 Å². The summed E-state index contributed by atoms with van der Waals surface area (Å²) in [5.74, 6) is -1.15. The summed E-state index contributed by atoms with van der Waals surface area (Å²) in [6, 6.07) is 17.9. The van der Waals surface area contributed by atoms with Crippen LogP contribution in [0.15, 0.2) is 70.8 Å². The molecule has 0 aliphatic carbocycles. The number of carbonyl (C=O) groups excluding carboxylic acids is 2. The number of rotatable bonds is 8. The quantitative estimate of drug-likeness (QED) is 0.121. The maximum absolute atomic E-state index is 13.6. The maximum atomic E-state index is 13.6. The van der Waals surface area contributed by atoms with Gasteiger partial charge in [0.2, 0.25) is 5.71 Å². The van der Waals surface area contributed by atoms with Gasteiger partial charge in [0.1, 0.15) is 6.07 Å². The van der Waals surface area contributed by atoms with Crippen molar-refractivity contribution in [3.63, 3.8) is 0 Å². The van der Waals surface area contributed by atoms with E-state index in [0.717, 1.165) is 38.8 Å². The zero-order chi connectivity index (χ0) is 30.8. The van der Waals surface area contributed by atoms with Gasteiger partial charge in [-0.2, -0.15) is 10.4 Å². The Morgan fingerprint density at radius 3 is 2.26 bits per heavy atom. The number of hydrogen-bond donors (Lipinski definition) is 2. The molecular weight excluding hydrogens is 554 g/mol. The highest BCUT2D eigenvalue weighted by atomic mass is 32.2. The first kappa shape index (κ1) is 30.0. The number of hydrazone groups is 1. The SMILES string of the molecule is Cc1ccc(S(=O)(=O)n2cc(C(C)C)c3cc(Cc4c(C)cc(N/N=C(/C#N)C(=O)OC(N)=O)cc4C)ccc32)cc1. The fraction of sp³-hybridized carbons (Fsp3) is 0.226. The molecule has 1 amide bonds. The summed E-state index contributed by atoms with van der Waals surface area (Å²) in [5.41, 5.74) is 13.9. The molecule has 4 aromatic rings. The standard InChI is InChI=1S/C31H31N5O5S/c1-18(2)27-17-36(42(39,40)24-9-6-19(3)7-10-24)29-11-8-22(15-26(27)29)14-25-20(4)12-23(13-21(25)5)34-35-28(16-32)30(37)41-31(33)38/h6-13,15,17-18,34H,14H2,1-5H3,(H2,33,38)/b35-28-. The van der Waals surface area contributed by atoms with Crippen molar-refractivity contribution < 1.29 is 22.7 Å². The van der Waals surface area contributed by atoms with E-state index in [9.17, 15) is 18.0 Å². The van der Waals surface area contributed by atoms with Crippen molar-refractivity contribution in [3.05, 3.63) is 94.2 Å². The molecule has 3 aromatic carbocycles. The average Bonchev–Trinajstić information content (AvgIpc) is 3.31. The number of primary amides is 1. The van der Waals surface area contributed by atoms with E-state index in [0.29, 0.717) is 17.6 Å². The van der Waals surface area contributed by atoms with Crippen LogP contribution in [0.25, 0.3) is 10.9 Å². The van der Waals surface area contributed by atoms with Gasteiger partial charge in [-0.1, -0.05) is 37.6 Å². The van der Waals surface area contributed by atoms with E-state index < -0.39 is 27.8 Å². The number of aryl methyl sites for hydroxylation is 3. The van der Waals surface area contributed by atoms with E-state index in [-0.39, 0.29) is 10.8 Å². The van der Waals surface area contributed by atoms with Crippen LogP contribution >= 0.6 is 0 Å². The lowest BCUT2D eigenvalue weighted by Gasteiger charge is -2.14. The van der Waals surface area contributed by atoms with Gasteiger partial charge < -0.3 is 10.5 Å². The second-order valence-corrected chi connectivity index (χ2v) is 12.2. The van der Waals surface area contributed by atoms with Gasteiger partial charge in [-0.05, 0) is 97.3 Å². The van der Waals surface area contributed by atoms with E-state index in [1.807, 2.05) is 65.0 Å². The number of benzene rings is 3. The number of amides is 1. The molecule has 42 heavy (non-hydrogen) atoms. The zero-order valence-corrected chi connectivity index (χ0v) is 24.7. The van der Waals surface area contributed by atoms with Crippen LogP contribution in [0.4, 0.5) is 10.5 Å². The van der Waals surface area contributed by atoms with Crippen LogP contribution in [0.1, 0.15) is 53.1 Å². The van der Waals surface area contributed by atoms with Crippen molar-refractivity contribution in [3.8, 4) is 6.07 Å². The first-order valence-electron chi connectivity index (χ1n) is 13.1. The third-order valence-electron chi connectivity index (χ3n) is 6.93. The molecule has 0 saturated heterocycles. The Morgan fingerprint density at radius 2 is 1.69 bits per heavy atom. The number of nitrogens with two attached hydrogens (primary N) is 1. The maximum Gasteiger partial charge on any atom is 0.412 e. The molecule has 0 saturated carbocycles. The number of ether oxygens (including phenoxy) is 1. The van der Waals surface area contributed by atoms with E-state index in [2.05, 4.69) is 15.3 Å². The first-order chi connectivity index (χ1) is 19.8. The van der Waals surface area contributed by atoms with Crippen LogP contribution in [0.5, 0.6) is 0 Å². The molecule has 10 nitrogen and oxygen atoms in total. The number of carbonyl (C=O) groups is 2. The molecule has 0 atom stereocenters. The Bertz CT molecular complexity index is 1860. The second-order valence-electron chi connectivity index (χ2n) is 10.4. The molecule has 0 unspecified atom stereocenters. The van der Waals surface area contributed by atoms with Crippen LogP contribution in [0, 0.1) is 32.1 Å². The molecule has 216 valence electrons. The number of nitriles is 1. The lowest BCUT2D eigenvalue weighted by molar-refractivity contribution is -0.129. The summed E-state index contributed by atoms with van der Waals surface area (Å²) in [4.78, 5) is 22.8. The number of hydrogen-bond acceptors (Lipinski definition) is 8. The summed E-state index contributed by atoms with van der Waals surface area (Å²) in [6.45, 7) is 9.87. The molecule has 1 heterocycles. The summed E-state index contributed by atoms with van der Waals surface area (Å²) in [7, 11) is -3.78. The van der Waals surface area contributed by atoms with Crippen molar-refractivity contribution in [1.82, 2.24) is 3.97 Å². The zero-order valence-electron chi connectivity index (χ0n) is 23.9. The minimum Gasteiger partial charge on any atom is -0.371 e. The van der Waals surface area contributed by atoms with Gasteiger partial charge in [0.05, 0.1) is 16.1 Å². The lowest BCUT2D eigenvalue weighted by atomic mass is 9.94. The third kappa shape index (κ3) is 6.19. The molecule has 11 heteroatoms. The predicted octanol–water partition coefficient (Wildman–Crippen LogP) is 5.43. The summed E-state index contributed by atoms with van der Waals surface area (Å²) in [6.07, 6.45) is 0.988. The number of nitrogens with one attached hydrogen (secondary N) is 1. The number of aromatic nitrogens is 1. The Balaban J connectivity index is 1.66. The van der Waals surface area contributed by atoms with Crippen LogP contribution in [-0.4, -0.2) is 30.2 Å². The molecule has 3 N–H and O–H groups in total. The van der Waals surface area contributed by atoms with Crippen molar-refractivity contribution >= 4 is 44.4 Å². The Hall–Kier alpha value is -4.95. The Labute approximate surface area is 244 Å². The number of nitrogens with zero attached hydrogens (tertiary/aromatic N) is 3. The van der Waals surface area contributed by atoms with E-state index in [1.54, 1.807) is 36.5 Å². The normalized spacial score (nSPS) is 11.9. The summed E-state index contributed by atoms with van der Waals surface area (Å²) < 4.78 is 32.7. The topological polar surface area (TPSA) is 157 Å². The molecule has 1 aromatic heterocycles. The van der Waals surface area contributed by atoms with Crippen molar-refractivity contribution in [1.29, 1.82) is 5.26 Å². The van der Waals surface area contributed by atoms with E-state index in [4.69, 9.17) is 11.0 Å². The van der Waals surface area contributed by atoms with E-state index in [1.165, 1.54) is 3.97 Å². The fourth-order valence-corrected chi connectivity index (χ4v) is 6.16. The molecule has 0 bridgehead atoms. The Morgan fingerprint density at radius 1 is 1.05 bits per heavy atom. The number of esters is 1. The molecule has 4 rings (SSSR count). The van der Waals surface area contributed by atoms with Gasteiger partial charge in [-0.3, -0.25) is 5.43 Å². The smallest absolute Gasteiger partial charge is 0.371 e. The largest absolute Gasteiger partial charge is 0.412 e. The highest BCUT2D eigenvalue weighted by Gasteiger charge is 2.23. The molecule has 0 radical (unpaired) electrons. The highest BCUT2D eigenvalue weighted by Crippen LogP contribution is 2.33. The molecule has 0 aliphatic rings. The minimum absolute atomic E-state index is 0.102. The highest BCUT2D eigenvalue weighted by molar-refractivity contribution is 7.90. The Kier molecular flexibility index (Phi) is 8.49. The number of anilines is 1. The fourth-order valence-electron chi connectivity index (χ4n) is 4.78. The van der Waals surface area contributed by atoms with Gasteiger partial charge in [0, 0.05) is 11.6 Å². The minimum atomic E-state index is -3.78. The van der Waals surface area contributed by atoms with Crippen LogP contribution in [-0.2, 0) is 26.0 Å². The predicted molar refractivity (Wildman–Crippen MR) is 161 cm³/mol. The summed E-state index contributed by atoms with van der Waals surface area (Å²) in [5, 5.41) is 13.8. The molecule has 0 aliphatic heterocycles. The molecule has 0 fully saturated rings. The lowest BCUT2D eigenvalue weighted by Crippen LogP contribution is -2.24. The van der Waals surface area contributed by atoms with Crippen LogP contribution in [0.3, 0.4) is 0 Å². The molecular formula is C31H31N5O5S. The van der Waals surface area contributed by atoms with E-state index >= 15 is 0 Å². The van der Waals surface area contributed by atoms with Crippen LogP contribution in [0.2, 0.25) is 0 Å². The van der Waals surface area contributed by atoms with Gasteiger partial charge in [0.25, 0.3) is 10.0 Å². The van der Waals surface area contributed by atoms with Crippen molar-refractivity contribution in [2.75, 3.05) is 5.43 Å². The van der Waals surface area contributed by atoms with Gasteiger partial charge in [-0.25, -0.2) is 22.0 Å². The average molecular weight is 586 g/mol. The third-order valence-corrected chi connectivity index (χ3v) is 8.62. The summed E-state index contributed by atoms with van der Waals surface area (Å²) >= 11 is 0. The van der Waals surface area contributed by atoms with Crippen molar-refractivity contribution in [2.24, 2.45) is 10.8 Å².